The average Bonchev–Trinajstić information content (AvgIpc) is 1.80. The van der Waals surface area contributed by atoms with Crippen LogP contribution in [-0.4, -0.2) is 203 Å². The van der Waals surface area contributed by atoms with E-state index in [1.807, 2.05) is 0 Å². The number of nitrogens with one attached hydrogen (secondary N) is 9. The number of rotatable bonds is 47. The number of carbonyl (C=O) groups is 11. The molecule has 34 nitrogen and oxygen atoms in total. The summed E-state index contributed by atoms with van der Waals surface area (Å²) in [6.45, 7) is 13.8. The highest BCUT2D eigenvalue weighted by molar-refractivity contribution is 5.99. The molecular formula is C67H107N21O13. The summed E-state index contributed by atoms with van der Waals surface area (Å²) in [5.41, 5.74) is 40.5. The number of hydrogen-bond acceptors (Lipinski definition) is 17. The summed E-state index contributed by atoms with van der Waals surface area (Å²) in [6, 6.07) is 3.35. The first-order valence-electron chi connectivity index (χ1n) is 33.9. The van der Waals surface area contributed by atoms with Crippen LogP contribution < -0.4 is 88.0 Å². The number of nitrogens with zero attached hydrogens (tertiary/aromatic N) is 5. The van der Waals surface area contributed by atoms with Crippen LogP contribution in [0.3, 0.4) is 0 Å². The van der Waals surface area contributed by atoms with E-state index in [0.29, 0.717) is 43.4 Å². The summed E-state index contributed by atoms with van der Waals surface area (Å²) in [5.74, 6) is -10.5. The Labute approximate surface area is 589 Å². The summed E-state index contributed by atoms with van der Waals surface area (Å²) in [6.07, 6.45) is 4.87. The van der Waals surface area contributed by atoms with E-state index < -0.39 is 138 Å². The number of amides is 10. The Morgan fingerprint density at radius 1 is 0.574 bits per heavy atom. The molecule has 34 heteroatoms. The third-order valence-corrected chi connectivity index (χ3v) is 16.5. The maximum absolute atomic E-state index is 14.8. The molecule has 2 aromatic carbocycles. The van der Waals surface area contributed by atoms with Gasteiger partial charge >= 0.3 is 5.97 Å². The molecule has 2 aromatic rings. The number of benzene rings is 2. The molecule has 3 rings (SSSR count). The monoisotopic (exact) mass is 1410 g/mol. The van der Waals surface area contributed by atoms with Crippen LogP contribution in [0.15, 0.2) is 95.1 Å². The Bertz CT molecular complexity index is 3150. The largest absolute Gasteiger partial charge is 0.508 e. The molecule has 1 fully saturated rings. The number of unbranched alkanes of at least 4 members (excludes halogenated alkanes) is 1. The number of nitrogens with two attached hydrogens (primary N) is 7. The maximum atomic E-state index is 14.8. The maximum Gasteiger partial charge on any atom is 0.326 e. The predicted octanol–water partition coefficient (Wildman–Crippen LogP) is -2.78. The van der Waals surface area contributed by atoms with E-state index in [1.165, 1.54) is 34.3 Å². The zero-order valence-electron chi connectivity index (χ0n) is 58.3. The highest BCUT2D eigenvalue weighted by Crippen LogP contribution is 2.22. The molecule has 1 aliphatic rings. The molecule has 1 aliphatic heterocycles. The van der Waals surface area contributed by atoms with Crippen LogP contribution in [0.4, 0.5) is 0 Å². The van der Waals surface area contributed by atoms with Gasteiger partial charge in [0.05, 0.1) is 13.1 Å². The van der Waals surface area contributed by atoms with Crippen molar-refractivity contribution in [3.8, 4) is 5.75 Å². The Balaban J connectivity index is 1.94. The number of carboxylic acid groups (broad SMARTS) is 1. The molecule has 0 saturated carbocycles. The fraction of sp³-hybridized carbons (Fsp3) is 0.552. The van der Waals surface area contributed by atoms with Gasteiger partial charge in [-0.25, -0.2) is 4.79 Å². The van der Waals surface area contributed by atoms with Gasteiger partial charge in [-0.1, -0.05) is 89.7 Å². The fourth-order valence-electron chi connectivity index (χ4n) is 10.9. The van der Waals surface area contributed by atoms with Crippen LogP contribution in [0.5, 0.6) is 5.75 Å². The molecule has 101 heavy (non-hydrogen) atoms. The van der Waals surface area contributed by atoms with Crippen molar-refractivity contribution < 1.29 is 63.0 Å². The van der Waals surface area contributed by atoms with Crippen molar-refractivity contribution in [1.82, 2.24) is 57.7 Å². The van der Waals surface area contributed by atoms with Gasteiger partial charge in [0.15, 0.2) is 17.9 Å². The molecule has 0 aromatic heterocycles. The molecule has 0 unspecified atom stereocenters. The fourth-order valence-corrected chi connectivity index (χ4v) is 10.9. The SMILES string of the molecule is C=CN(C=C)[C@@H](Cc1ccc(O)cc1)C(=O)NCC(=O)NCC(=O)N[C@@H](Cc1ccccc1)C(=O)N[C@@H](CC(C)C)C(=O)N[C@@H](CCCN=C(N)N)C(=O)N[C@@H](CCCN=C(N)N)C(=O)N[C@H](C(=O)N[C@@H](CCCN=C(N)N)C(=O)N1CCC[C@@H]1C(=O)N[C@@H](CCCCN)C(=O)O)[C@@H](C)CC. The minimum absolute atomic E-state index is 0.00477. The van der Waals surface area contributed by atoms with Gasteiger partial charge in [-0.2, -0.15) is 0 Å². The topological polar surface area (TPSA) is 562 Å². The van der Waals surface area contributed by atoms with Crippen LogP contribution in [-0.2, 0) is 65.6 Å². The van der Waals surface area contributed by atoms with E-state index in [2.05, 4.69) is 76.0 Å². The van der Waals surface area contributed by atoms with E-state index in [0.717, 1.165) is 0 Å². The third kappa shape index (κ3) is 31.5. The van der Waals surface area contributed by atoms with Gasteiger partial charge < -0.3 is 108 Å². The lowest BCUT2D eigenvalue weighted by Gasteiger charge is -2.32. The Hall–Kier alpha value is -10.5. The third-order valence-electron chi connectivity index (χ3n) is 16.5. The molecule has 0 aliphatic carbocycles. The van der Waals surface area contributed by atoms with Crippen LogP contribution in [0, 0.1) is 11.8 Å². The number of phenolic OH excluding ortho intramolecular Hbond substituents is 1. The molecule has 1 saturated heterocycles. The van der Waals surface area contributed by atoms with Crippen LogP contribution >= 0.6 is 0 Å². The zero-order chi connectivity index (χ0) is 75.1. The highest BCUT2D eigenvalue weighted by Gasteiger charge is 2.41. The Morgan fingerprint density at radius 3 is 1.59 bits per heavy atom. The van der Waals surface area contributed by atoms with E-state index in [9.17, 15) is 63.0 Å². The minimum Gasteiger partial charge on any atom is -0.508 e. The van der Waals surface area contributed by atoms with Crippen LogP contribution in [0.2, 0.25) is 0 Å². The molecular weight excluding hydrogens is 1310 g/mol. The van der Waals surface area contributed by atoms with E-state index in [-0.39, 0.29) is 126 Å². The number of likely N-dealkylation sites (tertiary alicyclic amines) is 1. The van der Waals surface area contributed by atoms with E-state index >= 15 is 0 Å². The lowest BCUT2D eigenvalue weighted by atomic mass is 9.96. The zero-order valence-corrected chi connectivity index (χ0v) is 58.3. The number of hydrogen-bond donors (Lipinski definition) is 18. The minimum atomic E-state index is -1.45. The number of aliphatic imine (C=N–C) groups is 3. The quantitative estimate of drug-likeness (QED) is 0.0181. The average molecular weight is 1410 g/mol. The smallest absolute Gasteiger partial charge is 0.326 e. The van der Waals surface area contributed by atoms with Crippen LogP contribution in [0.25, 0.3) is 0 Å². The van der Waals surface area contributed by atoms with Crippen molar-refractivity contribution in [3.05, 3.63) is 91.3 Å². The number of carboxylic acids is 1. The Kier molecular flexibility index (Phi) is 37.9. The number of phenols is 1. The second-order valence-electron chi connectivity index (χ2n) is 25.0. The number of carbonyl (C=O) groups excluding carboxylic acids is 10. The van der Waals surface area contributed by atoms with Crippen molar-refractivity contribution in [2.24, 2.45) is 66.9 Å². The van der Waals surface area contributed by atoms with Gasteiger partial charge in [0, 0.05) is 39.0 Å². The summed E-state index contributed by atoms with van der Waals surface area (Å²) in [5, 5.41) is 43.6. The molecule has 558 valence electrons. The standard InChI is InChI=1S/C67H107N21O13/c1-7-41(6)55(62(98)83-47(24-17-33-77-67(73)74)63(99)88-34-18-25-51(88)61(97)84-48(64(100)101)21-13-14-30-68)86-57(93)46(23-16-32-76-66(71)72)81-56(92)45(22-15-31-75-65(69)70)82-58(94)49(35-40(4)5)85-59(95)50(36-42-19-11-10-12-20-42)80-54(91)39-78-53(90)38-79-60(96)52(87(8-2)9-3)37-43-26-28-44(89)29-27-43/h8-12,19-20,26-29,40-41,45-52,55,89H,2-3,7,13-18,21-25,30-39,68H2,1,4-6H3,(H,78,90)(H,79,96)(H,80,91)(H,81,92)(H,82,94)(H,83,98)(H,84,97)(H,85,95)(H,86,93)(H,100,101)(H4,69,70,75)(H4,71,72,76)(H4,73,74,77)/t41-,45-,46-,47-,48-,49-,50-,51+,52-,55-/m0/s1. The molecule has 0 spiro atoms. The molecule has 1 heterocycles. The molecule has 25 N–H and O–H groups in total. The van der Waals surface area contributed by atoms with Gasteiger partial charge in [-0.05, 0) is 131 Å². The number of aliphatic carboxylic acids is 1. The van der Waals surface area contributed by atoms with Crippen LogP contribution in [0.1, 0.15) is 122 Å². The molecule has 0 radical (unpaired) electrons. The predicted molar refractivity (Wildman–Crippen MR) is 381 cm³/mol. The summed E-state index contributed by atoms with van der Waals surface area (Å²) in [4.78, 5) is 169. The van der Waals surface area contributed by atoms with Crippen molar-refractivity contribution in [2.75, 3.05) is 45.8 Å². The summed E-state index contributed by atoms with van der Waals surface area (Å²) >= 11 is 0. The van der Waals surface area contributed by atoms with Gasteiger partial charge in [0.1, 0.15) is 60.1 Å². The normalized spacial score (nSPS) is 15.1. The number of aromatic hydroxyl groups is 1. The highest BCUT2D eigenvalue weighted by atomic mass is 16.4. The summed E-state index contributed by atoms with van der Waals surface area (Å²) < 4.78 is 0. The van der Waals surface area contributed by atoms with Gasteiger partial charge in [0.25, 0.3) is 0 Å². The summed E-state index contributed by atoms with van der Waals surface area (Å²) in [7, 11) is 0. The van der Waals surface area contributed by atoms with Gasteiger partial charge in [0.2, 0.25) is 59.1 Å². The molecule has 10 amide bonds. The first-order chi connectivity index (χ1) is 48.0. The molecule has 10 atom stereocenters. The van der Waals surface area contributed by atoms with E-state index in [1.54, 1.807) is 70.2 Å². The van der Waals surface area contributed by atoms with Gasteiger partial charge in [-0.3, -0.25) is 62.9 Å². The second-order valence-corrected chi connectivity index (χ2v) is 25.0. The molecule has 0 bridgehead atoms. The van der Waals surface area contributed by atoms with Crippen molar-refractivity contribution in [1.29, 1.82) is 0 Å². The first kappa shape index (κ1) is 84.7. The van der Waals surface area contributed by atoms with Gasteiger partial charge in [-0.15, -0.1) is 0 Å². The van der Waals surface area contributed by atoms with E-state index in [4.69, 9.17) is 40.1 Å². The number of guanidine groups is 3. The van der Waals surface area contributed by atoms with Crippen molar-refractivity contribution in [3.63, 3.8) is 0 Å². The van der Waals surface area contributed by atoms with Crippen molar-refractivity contribution >= 4 is 82.9 Å². The first-order valence-corrected chi connectivity index (χ1v) is 33.9. The lowest BCUT2D eigenvalue weighted by Crippen LogP contribution is -2.61. The Morgan fingerprint density at radius 2 is 1.07 bits per heavy atom. The second kappa shape index (κ2) is 45.2. The lowest BCUT2D eigenvalue weighted by molar-refractivity contribution is -0.145. The van der Waals surface area contributed by atoms with Crippen molar-refractivity contribution in [2.45, 2.75) is 178 Å².